The number of benzene rings is 2. The average Bonchev–Trinajstić information content (AvgIpc) is 2.85. The van der Waals surface area contributed by atoms with Crippen LogP contribution in [0.15, 0.2) is 46.9 Å². The van der Waals surface area contributed by atoms with Gasteiger partial charge in [-0.05, 0) is 71.7 Å². The molecular weight excluding hydrogens is 320 g/mol. The predicted molar refractivity (Wildman–Crippen MR) is 95.5 cm³/mol. The Bertz CT molecular complexity index is 678. The van der Waals surface area contributed by atoms with Crippen molar-refractivity contribution in [3.8, 4) is 11.1 Å². The third-order valence-corrected chi connectivity index (χ3v) is 4.99. The maximum Gasteiger partial charge on any atom is 0.0257 e. The van der Waals surface area contributed by atoms with E-state index in [2.05, 4.69) is 72.3 Å². The lowest BCUT2D eigenvalue weighted by Gasteiger charge is -2.11. The van der Waals surface area contributed by atoms with E-state index in [0.29, 0.717) is 0 Å². The quantitative estimate of drug-likeness (QED) is 0.602. The van der Waals surface area contributed by atoms with E-state index in [1.165, 1.54) is 57.1 Å². The second kappa shape index (κ2) is 6.19. The Kier molecular flexibility index (Phi) is 4.30. The minimum atomic E-state index is 1.07. The number of rotatable bonds is 4. The Morgan fingerprint density at radius 3 is 2.52 bits per heavy atom. The maximum atomic E-state index is 3.74. The lowest BCUT2D eigenvalue weighted by molar-refractivity contribution is 0.795. The third kappa shape index (κ3) is 2.98. The number of halogens is 1. The average molecular weight is 341 g/mol. The predicted octanol–water partition coefficient (Wildman–Crippen LogP) is 6.42. The number of hydrogen-bond donors (Lipinski definition) is 0. The van der Waals surface area contributed by atoms with E-state index >= 15 is 0 Å². The van der Waals surface area contributed by atoms with E-state index in [0.717, 1.165) is 6.42 Å². The zero-order chi connectivity index (χ0) is 14.8. The van der Waals surface area contributed by atoms with Crippen LogP contribution in [0.3, 0.4) is 0 Å². The SMILES string of the molecule is CCCCc1ccc(-c2cc3c(cc2Br)CC=C3C)cc1. The highest BCUT2D eigenvalue weighted by molar-refractivity contribution is 9.10. The van der Waals surface area contributed by atoms with Crippen LogP contribution in [0.2, 0.25) is 0 Å². The van der Waals surface area contributed by atoms with Crippen LogP contribution in [0.25, 0.3) is 16.7 Å². The number of unbranched alkanes of at least 4 members (excludes halogenated alkanes) is 1. The van der Waals surface area contributed by atoms with Gasteiger partial charge < -0.3 is 0 Å². The molecule has 0 bridgehead atoms. The lowest BCUT2D eigenvalue weighted by atomic mass is 9.97. The van der Waals surface area contributed by atoms with Crippen molar-refractivity contribution in [2.75, 3.05) is 0 Å². The fourth-order valence-corrected chi connectivity index (χ4v) is 3.60. The molecule has 0 radical (unpaired) electrons. The van der Waals surface area contributed by atoms with Crippen LogP contribution in [0.1, 0.15) is 43.4 Å². The van der Waals surface area contributed by atoms with E-state index < -0.39 is 0 Å². The van der Waals surface area contributed by atoms with Gasteiger partial charge >= 0.3 is 0 Å². The fourth-order valence-electron chi connectivity index (χ4n) is 2.98. The van der Waals surface area contributed by atoms with E-state index in [4.69, 9.17) is 0 Å². The van der Waals surface area contributed by atoms with Crippen LogP contribution >= 0.6 is 15.9 Å². The molecule has 2 aromatic carbocycles. The Morgan fingerprint density at radius 2 is 1.81 bits per heavy atom. The molecule has 0 atom stereocenters. The summed E-state index contributed by atoms with van der Waals surface area (Å²) in [5.74, 6) is 0. The van der Waals surface area contributed by atoms with Gasteiger partial charge in [0.2, 0.25) is 0 Å². The number of allylic oxidation sites excluding steroid dienone is 2. The standard InChI is InChI=1S/C20H21Br/c1-3-4-5-15-7-10-16(11-8-15)19-13-18-14(2)6-9-17(18)12-20(19)21/h6-8,10-13H,3-5,9H2,1-2H3. The van der Waals surface area contributed by atoms with Crippen molar-refractivity contribution in [1.82, 2.24) is 0 Å². The van der Waals surface area contributed by atoms with Gasteiger partial charge in [0.05, 0.1) is 0 Å². The molecule has 0 aliphatic heterocycles. The summed E-state index contributed by atoms with van der Waals surface area (Å²) >= 11 is 3.74. The summed E-state index contributed by atoms with van der Waals surface area (Å²) in [7, 11) is 0. The molecule has 0 aromatic heterocycles. The summed E-state index contributed by atoms with van der Waals surface area (Å²) in [5, 5.41) is 0. The summed E-state index contributed by atoms with van der Waals surface area (Å²) in [6, 6.07) is 13.7. The molecule has 0 fully saturated rings. The first-order valence-electron chi connectivity index (χ1n) is 7.78. The Labute approximate surface area is 136 Å². The van der Waals surface area contributed by atoms with Crippen LogP contribution in [-0.4, -0.2) is 0 Å². The van der Waals surface area contributed by atoms with E-state index in [1.54, 1.807) is 0 Å². The van der Waals surface area contributed by atoms with Gasteiger partial charge in [0.25, 0.3) is 0 Å². The summed E-state index contributed by atoms with van der Waals surface area (Å²) in [4.78, 5) is 0. The first-order valence-corrected chi connectivity index (χ1v) is 8.57. The van der Waals surface area contributed by atoms with Gasteiger partial charge in [0.15, 0.2) is 0 Å². The molecule has 0 saturated heterocycles. The Hall–Kier alpha value is -1.34. The van der Waals surface area contributed by atoms with Crippen molar-refractivity contribution in [1.29, 1.82) is 0 Å². The van der Waals surface area contributed by atoms with Crippen molar-refractivity contribution < 1.29 is 0 Å². The monoisotopic (exact) mass is 340 g/mol. The molecule has 1 aliphatic rings. The van der Waals surface area contributed by atoms with E-state index in [1.807, 2.05) is 0 Å². The van der Waals surface area contributed by atoms with Crippen molar-refractivity contribution in [3.05, 3.63) is 63.6 Å². The minimum absolute atomic E-state index is 1.07. The maximum absolute atomic E-state index is 3.74. The molecule has 0 heterocycles. The van der Waals surface area contributed by atoms with Crippen molar-refractivity contribution in [2.24, 2.45) is 0 Å². The molecule has 21 heavy (non-hydrogen) atoms. The molecule has 1 aliphatic carbocycles. The van der Waals surface area contributed by atoms with Gasteiger partial charge in [0.1, 0.15) is 0 Å². The fraction of sp³-hybridized carbons (Fsp3) is 0.300. The molecule has 2 aromatic rings. The number of fused-ring (bicyclic) bond motifs is 1. The van der Waals surface area contributed by atoms with Crippen LogP contribution in [0.4, 0.5) is 0 Å². The van der Waals surface area contributed by atoms with Gasteiger partial charge in [-0.2, -0.15) is 0 Å². The van der Waals surface area contributed by atoms with E-state index in [-0.39, 0.29) is 0 Å². The van der Waals surface area contributed by atoms with Crippen molar-refractivity contribution in [3.63, 3.8) is 0 Å². The summed E-state index contributed by atoms with van der Waals surface area (Å²) in [6.45, 7) is 4.45. The lowest BCUT2D eigenvalue weighted by Crippen LogP contribution is -1.89. The second-order valence-corrected chi connectivity index (χ2v) is 6.74. The van der Waals surface area contributed by atoms with Gasteiger partial charge in [-0.25, -0.2) is 0 Å². The van der Waals surface area contributed by atoms with Gasteiger partial charge in [-0.3, -0.25) is 0 Å². The Morgan fingerprint density at radius 1 is 1.05 bits per heavy atom. The molecule has 0 amide bonds. The summed E-state index contributed by atoms with van der Waals surface area (Å²) in [5.41, 5.74) is 8.27. The summed E-state index contributed by atoms with van der Waals surface area (Å²) in [6.07, 6.45) is 7.09. The van der Waals surface area contributed by atoms with E-state index in [9.17, 15) is 0 Å². The molecule has 0 nitrogen and oxygen atoms in total. The highest BCUT2D eigenvalue weighted by Crippen LogP contribution is 2.36. The first kappa shape index (κ1) is 14.6. The zero-order valence-corrected chi connectivity index (χ0v) is 14.3. The van der Waals surface area contributed by atoms with Crippen LogP contribution in [-0.2, 0) is 12.8 Å². The third-order valence-electron chi connectivity index (χ3n) is 4.33. The van der Waals surface area contributed by atoms with Gasteiger partial charge in [0, 0.05) is 4.47 Å². The molecule has 0 spiro atoms. The van der Waals surface area contributed by atoms with Gasteiger partial charge in [-0.15, -0.1) is 0 Å². The smallest absolute Gasteiger partial charge is 0.0257 e. The van der Waals surface area contributed by atoms with Crippen LogP contribution in [0, 0.1) is 0 Å². The molecule has 3 rings (SSSR count). The normalized spacial score (nSPS) is 13.2. The molecule has 0 N–H and O–H groups in total. The second-order valence-electron chi connectivity index (χ2n) is 5.88. The molecule has 0 unspecified atom stereocenters. The number of hydrogen-bond acceptors (Lipinski definition) is 0. The molecule has 108 valence electrons. The first-order chi connectivity index (χ1) is 10.2. The van der Waals surface area contributed by atoms with Gasteiger partial charge in [-0.1, -0.05) is 59.6 Å². The molecule has 1 heteroatoms. The van der Waals surface area contributed by atoms with Crippen molar-refractivity contribution in [2.45, 2.75) is 39.5 Å². The highest BCUT2D eigenvalue weighted by Gasteiger charge is 2.14. The molecule has 0 saturated carbocycles. The van der Waals surface area contributed by atoms with Crippen molar-refractivity contribution >= 4 is 21.5 Å². The Balaban J connectivity index is 1.93. The summed E-state index contributed by atoms with van der Waals surface area (Å²) < 4.78 is 1.20. The van der Waals surface area contributed by atoms with Crippen LogP contribution in [0.5, 0.6) is 0 Å². The molecular formula is C20H21Br. The zero-order valence-electron chi connectivity index (χ0n) is 12.7. The number of aryl methyl sites for hydroxylation is 1. The highest BCUT2D eigenvalue weighted by atomic mass is 79.9. The topological polar surface area (TPSA) is 0 Å². The largest absolute Gasteiger partial charge is 0.0766 e. The minimum Gasteiger partial charge on any atom is -0.0766 e. The van der Waals surface area contributed by atoms with Crippen LogP contribution < -0.4 is 0 Å².